The molecule has 5 heteroatoms. The number of rotatable bonds is 4. The summed E-state index contributed by atoms with van der Waals surface area (Å²) in [4.78, 5) is 15.4. The first-order chi connectivity index (χ1) is 18.6. The molecular formula is C33H28N2O3. The van der Waals surface area contributed by atoms with E-state index in [-0.39, 0.29) is 5.63 Å². The lowest BCUT2D eigenvalue weighted by Gasteiger charge is -2.31. The van der Waals surface area contributed by atoms with Crippen molar-refractivity contribution in [1.29, 1.82) is 0 Å². The molecule has 0 N–H and O–H groups in total. The number of hydrogen-bond acceptors (Lipinski definition) is 4. The third-order valence-corrected chi connectivity index (χ3v) is 7.90. The first-order valence-corrected chi connectivity index (χ1v) is 13.1. The lowest BCUT2D eigenvalue weighted by Crippen LogP contribution is -2.32. The van der Waals surface area contributed by atoms with Crippen molar-refractivity contribution in [2.24, 2.45) is 0 Å². The van der Waals surface area contributed by atoms with Crippen LogP contribution in [0.25, 0.3) is 32.8 Å². The molecule has 0 saturated carbocycles. The lowest BCUT2D eigenvalue weighted by atomic mass is 9.97. The predicted molar refractivity (Wildman–Crippen MR) is 153 cm³/mol. The second-order valence-electron chi connectivity index (χ2n) is 10.0. The Morgan fingerprint density at radius 3 is 2.47 bits per heavy atom. The number of aromatic nitrogens is 1. The molecule has 3 heterocycles. The van der Waals surface area contributed by atoms with Gasteiger partial charge in [0.2, 0.25) is 0 Å². The summed E-state index contributed by atoms with van der Waals surface area (Å²) < 4.78 is 14.6. The molecular weight excluding hydrogens is 472 g/mol. The largest absolute Gasteiger partial charge is 0.473 e. The molecule has 0 fully saturated rings. The third kappa shape index (κ3) is 3.50. The Labute approximate surface area is 220 Å². The fourth-order valence-corrected chi connectivity index (χ4v) is 5.91. The minimum atomic E-state index is -0.279. The predicted octanol–water partition coefficient (Wildman–Crippen LogP) is 7.18. The van der Waals surface area contributed by atoms with Crippen LogP contribution in [-0.4, -0.2) is 11.3 Å². The highest BCUT2D eigenvalue weighted by Crippen LogP contribution is 2.37. The van der Waals surface area contributed by atoms with Crippen molar-refractivity contribution in [3.63, 3.8) is 0 Å². The molecule has 0 bridgehead atoms. The quantitative estimate of drug-likeness (QED) is 0.241. The molecule has 4 aromatic carbocycles. The summed E-state index contributed by atoms with van der Waals surface area (Å²) in [5.41, 5.74) is 7.58. The molecule has 0 radical (unpaired) electrons. The van der Waals surface area contributed by atoms with Gasteiger partial charge in [0.05, 0.1) is 12.1 Å². The molecule has 0 atom stereocenters. The van der Waals surface area contributed by atoms with Gasteiger partial charge in [0.1, 0.15) is 11.3 Å². The first kappa shape index (κ1) is 22.7. The molecule has 5 nitrogen and oxygen atoms in total. The maximum atomic E-state index is 13.2. The number of para-hydroxylation sites is 1. The molecule has 0 saturated heterocycles. The van der Waals surface area contributed by atoms with Crippen LogP contribution in [-0.2, 0) is 19.5 Å². The molecule has 1 aliphatic heterocycles. The van der Waals surface area contributed by atoms with E-state index in [1.807, 2.05) is 49.4 Å². The van der Waals surface area contributed by atoms with E-state index in [1.54, 1.807) is 0 Å². The monoisotopic (exact) mass is 500 g/mol. The lowest BCUT2D eigenvalue weighted by molar-refractivity contribution is 0.289. The number of aryl methyl sites for hydroxylation is 2. The minimum absolute atomic E-state index is 0.279. The Balaban J connectivity index is 1.30. The number of fused-ring (bicyclic) bond motifs is 6. The highest BCUT2D eigenvalue weighted by molar-refractivity contribution is 6.09. The van der Waals surface area contributed by atoms with Crippen LogP contribution in [0.1, 0.15) is 29.2 Å². The van der Waals surface area contributed by atoms with Gasteiger partial charge in [0, 0.05) is 51.4 Å². The molecule has 0 aliphatic carbocycles. The van der Waals surface area contributed by atoms with E-state index >= 15 is 0 Å². The molecule has 0 unspecified atom stereocenters. The minimum Gasteiger partial charge on any atom is -0.473 e. The topological polar surface area (TPSA) is 47.6 Å². The van der Waals surface area contributed by atoms with Gasteiger partial charge in [0.25, 0.3) is 0 Å². The average Bonchev–Trinajstić information content (AvgIpc) is 3.28. The van der Waals surface area contributed by atoms with Crippen molar-refractivity contribution in [3.05, 3.63) is 118 Å². The Bertz CT molecular complexity index is 1900. The Kier molecular flexibility index (Phi) is 5.25. The zero-order valence-corrected chi connectivity index (χ0v) is 21.5. The molecule has 0 amide bonds. The molecule has 0 spiro atoms. The van der Waals surface area contributed by atoms with Crippen LogP contribution in [0, 0.1) is 6.92 Å². The number of anilines is 1. The van der Waals surface area contributed by atoms with Gasteiger partial charge in [-0.05, 0) is 61.4 Å². The van der Waals surface area contributed by atoms with Crippen molar-refractivity contribution in [1.82, 2.24) is 4.57 Å². The summed E-state index contributed by atoms with van der Waals surface area (Å²) in [6.07, 6.45) is 0.552. The summed E-state index contributed by atoms with van der Waals surface area (Å²) in [6.45, 7) is 6.15. The van der Waals surface area contributed by atoms with E-state index in [0.29, 0.717) is 30.8 Å². The summed E-state index contributed by atoms with van der Waals surface area (Å²) in [5.74, 6) is 0.774. The summed E-state index contributed by atoms with van der Waals surface area (Å²) >= 11 is 0. The van der Waals surface area contributed by atoms with Gasteiger partial charge in [-0.15, -0.1) is 0 Å². The number of nitrogens with zero attached hydrogens (tertiary/aromatic N) is 2. The number of benzene rings is 4. The van der Waals surface area contributed by atoms with Crippen molar-refractivity contribution in [2.75, 3.05) is 11.6 Å². The number of hydrogen-bond donors (Lipinski definition) is 0. The van der Waals surface area contributed by atoms with E-state index < -0.39 is 0 Å². The molecule has 2 aromatic heterocycles. The second kappa shape index (κ2) is 8.80. The van der Waals surface area contributed by atoms with Gasteiger partial charge in [-0.3, -0.25) is 0 Å². The van der Waals surface area contributed by atoms with Gasteiger partial charge in [-0.25, -0.2) is 4.79 Å². The van der Waals surface area contributed by atoms with Crippen LogP contribution < -0.4 is 15.3 Å². The van der Waals surface area contributed by atoms with Crippen LogP contribution >= 0.6 is 0 Å². The smallest absolute Gasteiger partial charge is 0.340 e. The van der Waals surface area contributed by atoms with E-state index in [4.69, 9.17) is 9.15 Å². The highest BCUT2D eigenvalue weighted by atomic mass is 16.5. The van der Waals surface area contributed by atoms with E-state index in [9.17, 15) is 4.79 Å². The highest BCUT2D eigenvalue weighted by Gasteiger charge is 2.24. The van der Waals surface area contributed by atoms with Gasteiger partial charge in [-0.1, -0.05) is 48.5 Å². The van der Waals surface area contributed by atoms with Crippen molar-refractivity contribution < 1.29 is 9.15 Å². The van der Waals surface area contributed by atoms with Crippen LogP contribution in [0.2, 0.25) is 0 Å². The van der Waals surface area contributed by atoms with Crippen LogP contribution in [0.3, 0.4) is 0 Å². The van der Waals surface area contributed by atoms with Gasteiger partial charge >= 0.3 is 5.63 Å². The standard InChI is InChI=1S/C33H28N2O3/c1-3-35-29-12-8-7-11-25(29)27-18-23(13-15-30(27)35)34-19-28-31(37-20-34)16-14-24-21(2)26(33(36)38-32(24)28)17-22-9-5-4-6-10-22/h4-16,18H,3,17,19-20H2,1-2H3. The van der Waals surface area contributed by atoms with Crippen molar-refractivity contribution in [2.45, 2.75) is 33.4 Å². The third-order valence-electron chi connectivity index (χ3n) is 7.90. The summed E-state index contributed by atoms with van der Waals surface area (Å²) in [7, 11) is 0. The van der Waals surface area contributed by atoms with Crippen LogP contribution in [0.15, 0.2) is 94.1 Å². The molecule has 6 aromatic rings. The maximum Gasteiger partial charge on any atom is 0.340 e. The zero-order valence-electron chi connectivity index (χ0n) is 21.5. The van der Waals surface area contributed by atoms with E-state index in [1.165, 1.54) is 21.8 Å². The van der Waals surface area contributed by atoms with Crippen LogP contribution in [0.5, 0.6) is 5.75 Å². The normalized spacial score (nSPS) is 13.3. The summed E-state index contributed by atoms with van der Waals surface area (Å²) in [5, 5.41) is 3.44. The molecule has 7 rings (SSSR count). The van der Waals surface area contributed by atoms with Crippen LogP contribution in [0.4, 0.5) is 5.69 Å². The average molecular weight is 501 g/mol. The molecule has 188 valence electrons. The SMILES string of the molecule is CCn1c2ccccc2c2cc(N3COc4ccc5c(C)c(Cc6ccccc6)c(=O)oc5c4C3)ccc21. The Hall–Kier alpha value is -4.51. The van der Waals surface area contributed by atoms with Gasteiger partial charge in [-0.2, -0.15) is 0 Å². The fraction of sp³-hybridized carbons (Fsp3) is 0.182. The maximum absolute atomic E-state index is 13.2. The van der Waals surface area contributed by atoms with Gasteiger partial charge in [0.15, 0.2) is 6.73 Å². The molecule has 1 aliphatic rings. The van der Waals surface area contributed by atoms with E-state index in [2.05, 4.69) is 58.9 Å². The second-order valence-corrected chi connectivity index (χ2v) is 10.0. The van der Waals surface area contributed by atoms with Gasteiger partial charge < -0.3 is 18.6 Å². The summed E-state index contributed by atoms with van der Waals surface area (Å²) in [6, 6.07) is 29.2. The van der Waals surface area contributed by atoms with E-state index in [0.717, 1.165) is 40.1 Å². The number of ether oxygens (including phenoxy) is 1. The van der Waals surface area contributed by atoms with Crippen molar-refractivity contribution >= 4 is 38.5 Å². The fourth-order valence-electron chi connectivity index (χ4n) is 5.91. The zero-order chi connectivity index (χ0) is 25.8. The Morgan fingerprint density at radius 1 is 0.842 bits per heavy atom. The first-order valence-electron chi connectivity index (χ1n) is 13.1. The van der Waals surface area contributed by atoms with Crippen molar-refractivity contribution in [3.8, 4) is 5.75 Å². The Morgan fingerprint density at radius 2 is 1.63 bits per heavy atom. The molecule has 38 heavy (non-hydrogen) atoms.